The van der Waals surface area contributed by atoms with Crippen LogP contribution in [0.1, 0.15) is 52.9 Å². The van der Waals surface area contributed by atoms with Gasteiger partial charge in [-0.15, -0.1) is 0 Å². The Morgan fingerprint density at radius 3 is 2.50 bits per heavy atom. The number of fused-ring (bicyclic) bond motifs is 1. The van der Waals surface area contributed by atoms with Crippen LogP contribution < -0.4 is 0 Å². The maximum Gasteiger partial charge on any atom is 0.439 e. The number of nitrogens with zero attached hydrogens (tertiary/aromatic N) is 2. The Morgan fingerprint density at radius 2 is 1.95 bits per heavy atom. The molecular weight excluding hydrogens is 301 g/mol. The summed E-state index contributed by atoms with van der Waals surface area (Å²) in [6.45, 7) is 4.62. The molecule has 1 amide bonds. The monoisotopic (exact) mass is 322 g/mol. The second-order valence-corrected chi connectivity index (χ2v) is 6.76. The summed E-state index contributed by atoms with van der Waals surface area (Å²) in [5.74, 6) is -1.22. The topological polar surface area (TPSA) is 62.1 Å². The fraction of sp³-hybridized carbons (Fsp3) is 0.857. The van der Waals surface area contributed by atoms with E-state index in [4.69, 9.17) is 4.74 Å². The van der Waals surface area contributed by atoms with E-state index in [1.807, 2.05) is 0 Å². The van der Waals surface area contributed by atoms with Gasteiger partial charge in [0.15, 0.2) is 0 Å². The summed E-state index contributed by atoms with van der Waals surface area (Å²) >= 11 is 0. The lowest BCUT2D eigenvalue weighted by molar-refractivity contribution is -0.315. The SMILES string of the molecule is CC(C)(C)OC(=O)N1N=C2CCCCC[C@@H]2[C@@]1(O)C(F)(F)F. The lowest BCUT2D eigenvalue weighted by Gasteiger charge is -2.37. The van der Waals surface area contributed by atoms with Gasteiger partial charge < -0.3 is 9.84 Å². The van der Waals surface area contributed by atoms with Crippen molar-refractivity contribution in [1.29, 1.82) is 0 Å². The van der Waals surface area contributed by atoms with Crippen LogP contribution in [0, 0.1) is 5.92 Å². The van der Waals surface area contributed by atoms with Gasteiger partial charge in [0.2, 0.25) is 0 Å². The maximum atomic E-state index is 13.5. The van der Waals surface area contributed by atoms with Crippen molar-refractivity contribution in [2.75, 3.05) is 0 Å². The van der Waals surface area contributed by atoms with Crippen molar-refractivity contribution in [3.63, 3.8) is 0 Å². The van der Waals surface area contributed by atoms with Crippen molar-refractivity contribution in [3.8, 4) is 0 Å². The largest absolute Gasteiger partial charge is 0.442 e. The zero-order valence-corrected chi connectivity index (χ0v) is 12.9. The zero-order valence-electron chi connectivity index (χ0n) is 12.9. The lowest BCUT2D eigenvalue weighted by atomic mass is 9.87. The van der Waals surface area contributed by atoms with E-state index >= 15 is 0 Å². The molecule has 5 nitrogen and oxygen atoms in total. The van der Waals surface area contributed by atoms with Crippen LogP contribution in [0.4, 0.5) is 18.0 Å². The standard InChI is InChI=1S/C14H21F3N2O3/c1-12(2,3)22-11(20)19-13(21,14(15,16)17)9-7-5-4-6-8-10(9)18-19/h9,21H,4-8H2,1-3H3/t9-,13+/m0/s1. The van der Waals surface area contributed by atoms with Crippen LogP contribution in [0.25, 0.3) is 0 Å². The minimum absolute atomic E-state index is 0.0869. The summed E-state index contributed by atoms with van der Waals surface area (Å²) in [6, 6.07) is 0. The number of rotatable bonds is 0. The Hall–Kier alpha value is -1.31. The van der Waals surface area contributed by atoms with Crippen LogP contribution in [0.3, 0.4) is 0 Å². The van der Waals surface area contributed by atoms with E-state index in [1.165, 1.54) is 0 Å². The highest BCUT2D eigenvalue weighted by Gasteiger charge is 2.68. The molecule has 1 aliphatic heterocycles. The molecule has 126 valence electrons. The highest BCUT2D eigenvalue weighted by atomic mass is 19.4. The molecule has 22 heavy (non-hydrogen) atoms. The molecule has 0 radical (unpaired) electrons. The van der Waals surface area contributed by atoms with E-state index in [2.05, 4.69) is 5.10 Å². The molecule has 0 aromatic carbocycles. The lowest BCUT2D eigenvalue weighted by Crippen LogP contribution is -2.61. The van der Waals surface area contributed by atoms with E-state index in [9.17, 15) is 23.1 Å². The van der Waals surface area contributed by atoms with Crippen molar-refractivity contribution >= 4 is 11.8 Å². The first kappa shape index (κ1) is 17.1. The Morgan fingerprint density at radius 1 is 1.32 bits per heavy atom. The number of alkyl halides is 3. The Balaban J connectivity index is 2.39. The number of ether oxygens (including phenoxy) is 1. The van der Waals surface area contributed by atoms with Crippen LogP contribution in [-0.2, 0) is 4.74 Å². The van der Waals surface area contributed by atoms with Gasteiger partial charge in [-0.3, -0.25) is 0 Å². The average molecular weight is 322 g/mol. The molecule has 1 aliphatic carbocycles. The third kappa shape index (κ3) is 2.93. The maximum absolute atomic E-state index is 13.5. The number of aliphatic hydroxyl groups is 1. The number of hydrogen-bond donors (Lipinski definition) is 1. The van der Waals surface area contributed by atoms with E-state index < -0.39 is 29.5 Å². The van der Waals surface area contributed by atoms with E-state index in [0.717, 1.165) is 6.42 Å². The van der Waals surface area contributed by atoms with Crippen molar-refractivity contribution in [1.82, 2.24) is 5.01 Å². The molecule has 1 saturated carbocycles. The van der Waals surface area contributed by atoms with Gasteiger partial charge in [-0.1, -0.05) is 12.8 Å². The Labute approximate surface area is 127 Å². The molecule has 2 rings (SSSR count). The van der Waals surface area contributed by atoms with Gasteiger partial charge in [0, 0.05) is 5.71 Å². The number of carbonyl (C=O) groups excluding carboxylic acids is 1. The third-order valence-electron chi connectivity index (χ3n) is 3.85. The molecule has 0 spiro atoms. The van der Waals surface area contributed by atoms with E-state index in [1.54, 1.807) is 20.8 Å². The molecule has 0 bridgehead atoms. The summed E-state index contributed by atoms with van der Waals surface area (Å²) < 4.78 is 45.5. The van der Waals surface area contributed by atoms with Gasteiger partial charge in [-0.2, -0.15) is 23.3 Å². The molecule has 2 atom stereocenters. The predicted octanol–water partition coefficient (Wildman–Crippen LogP) is 3.42. The first-order valence-corrected chi connectivity index (χ1v) is 7.36. The highest BCUT2D eigenvalue weighted by molar-refractivity contribution is 5.92. The number of hydrazone groups is 1. The molecule has 0 unspecified atom stereocenters. The number of carbonyl (C=O) groups is 1. The summed E-state index contributed by atoms with van der Waals surface area (Å²) in [5.41, 5.74) is -4.08. The van der Waals surface area contributed by atoms with Gasteiger partial charge in [-0.05, 0) is 40.0 Å². The normalized spacial score (nSPS) is 29.7. The zero-order chi connectivity index (χ0) is 16.8. The van der Waals surface area contributed by atoms with E-state index in [-0.39, 0.29) is 17.1 Å². The van der Waals surface area contributed by atoms with Gasteiger partial charge in [0.05, 0.1) is 5.92 Å². The summed E-state index contributed by atoms with van der Waals surface area (Å²) in [6.07, 6.45) is -3.75. The molecule has 2 aliphatic rings. The molecule has 8 heteroatoms. The predicted molar refractivity (Wildman–Crippen MR) is 73.1 cm³/mol. The minimum atomic E-state index is -5.01. The quantitative estimate of drug-likeness (QED) is 0.743. The van der Waals surface area contributed by atoms with Gasteiger partial charge in [0.25, 0.3) is 5.72 Å². The minimum Gasteiger partial charge on any atom is -0.442 e. The van der Waals surface area contributed by atoms with Crippen molar-refractivity contribution in [2.24, 2.45) is 11.0 Å². The summed E-state index contributed by atoms with van der Waals surface area (Å²) in [5, 5.41) is 14.2. The highest BCUT2D eigenvalue weighted by Crippen LogP contribution is 2.47. The van der Waals surface area contributed by atoms with Crippen LogP contribution in [0.5, 0.6) is 0 Å². The van der Waals surface area contributed by atoms with Gasteiger partial charge >= 0.3 is 12.3 Å². The van der Waals surface area contributed by atoms with Crippen LogP contribution >= 0.6 is 0 Å². The molecule has 0 aromatic rings. The van der Waals surface area contributed by atoms with Crippen LogP contribution in [-0.4, -0.2) is 39.4 Å². The molecule has 0 saturated heterocycles. The number of amides is 1. The smallest absolute Gasteiger partial charge is 0.439 e. The Kier molecular flexibility index (Phi) is 4.18. The molecular formula is C14H21F3N2O3. The first-order valence-electron chi connectivity index (χ1n) is 7.36. The fourth-order valence-electron chi connectivity index (χ4n) is 2.88. The van der Waals surface area contributed by atoms with Crippen molar-refractivity contribution in [2.45, 2.75) is 70.4 Å². The van der Waals surface area contributed by atoms with Crippen molar-refractivity contribution in [3.05, 3.63) is 0 Å². The Bertz CT molecular complexity index is 485. The molecule has 1 fully saturated rings. The molecule has 1 heterocycles. The second kappa shape index (κ2) is 5.40. The van der Waals surface area contributed by atoms with Crippen LogP contribution in [0.2, 0.25) is 0 Å². The molecule has 0 aromatic heterocycles. The average Bonchev–Trinajstić information content (AvgIpc) is 2.51. The number of halogens is 3. The van der Waals surface area contributed by atoms with Crippen molar-refractivity contribution < 1.29 is 27.8 Å². The fourth-order valence-corrected chi connectivity index (χ4v) is 2.88. The summed E-state index contributed by atoms with van der Waals surface area (Å²) in [7, 11) is 0. The molecule has 1 N–H and O–H groups in total. The van der Waals surface area contributed by atoms with E-state index in [0.29, 0.717) is 19.3 Å². The second-order valence-electron chi connectivity index (χ2n) is 6.76. The first-order chi connectivity index (χ1) is 9.97. The summed E-state index contributed by atoms with van der Waals surface area (Å²) in [4.78, 5) is 12.1. The number of hydrogen-bond acceptors (Lipinski definition) is 4. The van der Waals surface area contributed by atoms with Crippen LogP contribution in [0.15, 0.2) is 5.10 Å². The third-order valence-corrected chi connectivity index (χ3v) is 3.85. The van der Waals surface area contributed by atoms with Gasteiger partial charge in [0.1, 0.15) is 5.60 Å². The van der Waals surface area contributed by atoms with Gasteiger partial charge in [-0.25, -0.2) is 4.79 Å².